The van der Waals surface area contributed by atoms with Gasteiger partial charge >= 0.3 is 16.9 Å². The molecule has 0 amide bonds. The Kier molecular flexibility index (Phi) is 7.33. The monoisotopic (exact) mass is 503 g/mol. The third kappa shape index (κ3) is 5.50. The standard InChI is InChI=1S/C26H25N5O6/c1-28-15-20(14-27-28)8-13-23-24(31(34)35)25(32)30(17-19-6-11-22(37-3)12-7-19)26(33)29(23)16-18-4-9-21(36-2)10-5-18/h4-15H,16-17H2,1-3H3. The molecule has 2 heterocycles. The zero-order valence-corrected chi connectivity index (χ0v) is 20.5. The van der Waals surface area contributed by atoms with Gasteiger partial charge in [0, 0.05) is 18.8 Å². The quantitative estimate of drug-likeness (QED) is 0.254. The lowest BCUT2D eigenvalue weighted by atomic mass is 10.2. The van der Waals surface area contributed by atoms with Crippen molar-refractivity contribution in [2.45, 2.75) is 13.1 Å². The first kappa shape index (κ1) is 25.2. The van der Waals surface area contributed by atoms with Crippen molar-refractivity contribution in [1.82, 2.24) is 18.9 Å². The molecule has 0 aliphatic rings. The smallest absolute Gasteiger partial charge is 0.357 e. The summed E-state index contributed by atoms with van der Waals surface area (Å²) in [4.78, 5) is 38.3. The van der Waals surface area contributed by atoms with Crippen LogP contribution in [0.4, 0.5) is 5.69 Å². The van der Waals surface area contributed by atoms with Gasteiger partial charge in [0.2, 0.25) is 0 Å². The van der Waals surface area contributed by atoms with Crippen molar-refractivity contribution in [3.63, 3.8) is 0 Å². The molecule has 0 saturated heterocycles. The summed E-state index contributed by atoms with van der Waals surface area (Å²) >= 11 is 0. The van der Waals surface area contributed by atoms with E-state index in [0.717, 1.165) is 4.57 Å². The number of nitrogens with zero attached hydrogens (tertiary/aromatic N) is 5. The highest BCUT2D eigenvalue weighted by molar-refractivity contribution is 5.71. The van der Waals surface area contributed by atoms with Crippen LogP contribution in [0.3, 0.4) is 0 Å². The van der Waals surface area contributed by atoms with Crippen LogP contribution < -0.4 is 20.7 Å². The Balaban J connectivity index is 1.90. The summed E-state index contributed by atoms with van der Waals surface area (Å²) in [6.07, 6.45) is 6.25. The lowest BCUT2D eigenvalue weighted by molar-refractivity contribution is -0.387. The Morgan fingerprint density at radius 2 is 1.43 bits per heavy atom. The molecule has 0 aliphatic carbocycles. The molecule has 2 aromatic carbocycles. The van der Waals surface area contributed by atoms with E-state index < -0.39 is 21.9 Å². The minimum absolute atomic E-state index is 0.000721. The molecule has 0 bridgehead atoms. The second-order valence-electron chi connectivity index (χ2n) is 8.23. The highest BCUT2D eigenvalue weighted by Crippen LogP contribution is 2.19. The van der Waals surface area contributed by atoms with Gasteiger partial charge < -0.3 is 9.47 Å². The number of aromatic nitrogens is 4. The van der Waals surface area contributed by atoms with Crippen molar-refractivity contribution >= 4 is 17.8 Å². The summed E-state index contributed by atoms with van der Waals surface area (Å²) in [6, 6.07) is 13.7. The van der Waals surface area contributed by atoms with Crippen LogP contribution in [0, 0.1) is 10.1 Å². The minimum atomic E-state index is -0.984. The maximum absolute atomic E-state index is 13.7. The topological polar surface area (TPSA) is 123 Å². The Morgan fingerprint density at radius 3 is 1.89 bits per heavy atom. The SMILES string of the molecule is COc1ccc(Cn2c(C=Cc3cnn(C)c3)c([N+](=O)[O-])c(=O)n(Cc3ccc(OC)cc3)c2=O)cc1. The van der Waals surface area contributed by atoms with Gasteiger partial charge in [-0.05, 0) is 47.5 Å². The van der Waals surface area contributed by atoms with Crippen LogP contribution in [0.15, 0.2) is 70.5 Å². The van der Waals surface area contributed by atoms with E-state index in [4.69, 9.17) is 9.47 Å². The number of hydrogen-bond donors (Lipinski definition) is 0. The van der Waals surface area contributed by atoms with Gasteiger partial charge in [0.05, 0.1) is 38.4 Å². The van der Waals surface area contributed by atoms with E-state index in [-0.39, 0.29) is 18.8 Å². The second kappa shape index (κ2) is 10.8. The minimum Gasteiger partial charge on any atom is -0.497 e. The molecule has 0 spiro atoms. The number of nitro groups is 1. The van der Waals surface area contributed by atoms with Crippen molar-refractivity contribution in [3.8, 4) is 11.5 Å². The van der Waals surface area contributed by atoms with Crippen LogP contribution in [0.25, 0.3) is 12.2 Å². The predicted octanol–water partition coefficient (Wildman–Crippen LogP) is 2.94. The number of methoxy groups -OCH3 is 2. The maximum Gasteiger partial charge on any atom is 0.357 e. The molecule has 4 aromatic rings. The molecule has 11 nitrogen and oxygen atoms in total. The number of rotatable bonds is 9. The van der Waals surface area contributed by atoms with Crippen LogP contribution >= 0.6 is 0 Å². The number of hydrogen-bond acceptors (Lipinski definition) is 7. The van der Waals surface area contributed by atoms with Crippen LogP contribution in [0.1, 0.15) is 22.4 Å². The summed E-state index contributed by atoms with van der Waals surface area (Å²) < 4.78 is 14.0. The van der Waals surface area contributed by atoms with Gasteiger partial charge in [-0.15, -0.1) is 0 Å². The third-order valence-electron chi connectivity index (χ3n) is 5.78. The van der Waals surface area contributed by atoms with E-state index in [2.05, 4.69) is 5.10 Å². The molecule has 4 rings (SSSR count). The molecule has 190 valence electrons. The van der Waals surface area contributed by atoms with Crippen molar-refractivity contribution < 1.29 is 14.4 Å². The summed E-state index contributed by atoms with van der Waals surface area (Å²) in [5, 5.41) is 16.2. The highest BCUT2D eigenvalue weighted by Gasteiger charge is 2.26. The summed E-state index contributed by atoms with van der Waals surface area (Å²) in [6.45, 7) is -0.142. The van der Waals surface area contributed by atoms with E-state index in [1.165, 1.54) is 17.8 Å². The lowest BCUT2D eigenvalue weighted by Crippen LogP contribution is -2.42. The van der Waals surface area contributed by atoms with Gasteiger partial charge in [-0.2, -0.15) is 5.10 Å². The summed E-state index contributed by atoms with van der Waals surface area (Å²) in [7, 11) is 4.80. The molecular formula is C26H25N5O6. The van der Waals surface area contributed by atoms with Crippen LogP contribution in [-0.2, 0) is 20.1 Å². The fourth-order valence-corrected chi connectivity index (χ4v) is 3.86. The van der Waals surface area contributed by atoms with Crippen molar-refractivity contribution in [1.29, 1.82) is 0 Å². The molecule has 0 fully saturated rings. The first-order chi connectivity index (χ1) is 17.8. The Hall–Kier alpha value is -4.93. The Labute approximate surface area is 211 Å². The number of ether oxygens (including phenoxy) is 2. The van der Waals surface area contributed by atoms with Gasteiger partial charge in [-0.25, -0.2) is 9.36 Å². The first-order valence-electron chi connectivity index (χ1n) is 11.3. The normalized spacial score (nSPS) is 11.1. The van der Waals surface area contributed by atoms with Crippen LogP contribution in [0.2, 0.25) is 0 Å². The van der Waals surface area contributed by atoms with Crippen LogP contribution in [-0.4, -0.2) is 38.1 Å². The molecule has 37 heavy (non-hydrogen) atoms. The Morgan fingerprint density at radius 1 is 0.892 bits per heavy atom. The van der Waals surface area contributed by atoms with Gasteiger partial charge in [0.15, 0.2) is 0 Å². The zero-order valence-electron chi connectivity index (χ0n) is 20.5. The number of benzene rings is 2. The molecule has 2 aromatic heterocycles. The van der Waals surface area contributed by atoms with E-state index in [1.54, 1.807) is 85.8 Å². The molecule has 0 unspecified atom stereocenters. The van der Waals surface area contributed by atoms with E-state index in [9.17, 15) is 19.7 Å². The van der Waals surface area contributed by atoms with Gasteiger partial charge in [-0.1, -0.05) is 24.3 Å². The third-order valence-corrected chi connectivity index (χ3v) is 5.78. The summed E-state index contributed by atoms with van der Waals surface area (Å²) in [5.74, 6) is 1.23. The zero-order chi connectivity index (χ0) is 26.5. The van der Waals surface area contributed by atoms with Crippen LogP contribution in [0.5, 0.6) is 11.5 Å². The van der Waals surface area contributed by atoms with Crippen molar-refractivity contribution in [3.05, 3.63) is 114 Å². The molecule has 0 atom stereocenters. The molecule has 0 aliphatic heterocycles. The van der Waals surface area contributed by atoms with Crippen molar-refractivity contribution in [2.75, 3.05) is 14.2 Å². The predicted molar refractivity (Wildman–Crippen MR) is 138 cm³/mol. The van der Waals surface area contributed by atoms with E-state index >= 15 is 0 Å². The fraction of sp³-hybridized carbons (Fsp3) is 0.192. The largest absolute Gasteiger partial charge is 0.497 e. The highest BCUT2D eigenvalue weighted by atomic mass is 16.6. The average molecular weight is 504 g/mol. The average Bonchev–Trinajstić information content (AvgIpc) is 3.32. The Bertz CT molecular complexity index is 1560. The fourth-order valence-electron chi connectivity index (χ4n) is 3.86. The van der Waals surface area contributed by atoms with E-state index in [0.29, 0.717) is 28.2 Å². The van der Waals surface area contributed by atoms with Gasteiger partial charge in [0.1, 0.15) is 17.2 Å². The maximum atomic E-state index is 13.7. The molecule has 0 saturated carbocycles. The molecule has 0 radical (unpaired) electrons. The number of aryl methyl sites for hydroxylation is 1. The lowest BCUT2D eigenvalue weighted by Gasteiger charge is -2.15. The molecule has 11 heteroatoms. The molecular weight excluding hydrogens is 478 g/mol. The summed E-state index contributed by atoms with van der Waals surface area (Å²) in [5.41, 5.74) is -0.488. The second-order valence-corrected chi connectivity index (χ2v) is 8.23. The van der Waals surface area contributed by atoms with Crippen molar-refractivity contribution in [2.24, 2.45) is 7.05 Å². The van der Waals surface area contributed by atoms with Gasteiger partial charge in [0.25, 0.3) is 0 Å². The first-order valence-corrected chi connectivity index (χ1v) is 11.3. The van der Waals surface area contributed by atoms with E-state index in [1.807, 2.05) is 0 Å². The molecule has 0 N–H and O–H groups in total. The van der Waals surface area contributed by atoms with Gasteiger partial charge in [-0.3, -0.25) is 24.2 Å².